The molecule has 1 amide bonds. The van der Waals surface area contributed by atoms with Gasteiger partial charge in [0.2, 0.25) is 0 Å². The quantitative estimate of drug-likeness (QED) is 0.363. The maximum absolute atomic E-state index is 12.9. The van der Waals surface area contributed by atoms with Crippen molar-refractivity contribution < 1.29 is 24.7 Å². The standard InChI is InChI=1S/C19H22N2O6/c22-11-14-8-13(12-4-2-1-3-5-12)6-7-20(14)19(25)15-9-17(23)18(24)10-16(15)21(26)27/h9-10,12-13,23-24H,1-8H2. The zero-order valence-corrected chi connectivity index (χ0v) is 14.9. The summed E-state index contributed by atoms with van der Waals surface area (Å²) in [5, 5.41) is 30.4. The van der Waals surface area contributed by atoms with E-state index in [0.717, 1.165) is 31.4 Å². The third-order valence-electron chi connectivity index (χ3n) is 5.70. The summed E-state index contributed by atoms with van der Waals surface area (Å²) in [6, 6.07) is 1.60. The van der Waals surface area contributed by atoms with Crippen LogP contribution < -0.4 is 0 Å². The molecule has 144 valence electrons. The number of aromatic hydroxyl groups is 2. The number of rotatable bonds is 3. The van der Waals surface area contributed by atoms with E-state index in [2.05, 4.69) is 0 Å². The molecule has 1 aromatic carbocycles. The molecule has 0 bridgehead atoms. The molecule has 1 aliphatic heterocycles. The van der Waals surface area contributed by atoms with Crippen LogP contribution in [0.1, 0.15) is 55.3 Å². The number of carbonyl (C=O) groups is 1. The van der Waals surface area contributed by atoms with Gasteiger partial charge < -0.3 is 15.1 Å². The molecule has 0 radical (unpaired) electrons. The van der Waals surface area contributed by atoms with Gasteiger partial charge in [0.1, 0.15) is 17.2 Å². The molecule has 1 unspecified atom stereocenters. The number of benzene rings is 1. The van der Waals surface area contributed by atoms with Gasteiger partial charge in [0.15, 0.2) is 11.5 Å². The molecule has 8 nitrogen and oxygen atoms in total. The highest BCUT2D eigenvalue weighted by atomic mass is 16.6. The zero-order chi connectivity index (χ0) is 19.6. The molecule has 3 rings (SSSR count). The van der Waals surface area contributed by atoms with E-state index in [1.54, 1.807) is 0 Å². The minimum Gasteiger partial charge on any atom is -0.504 e. The minimum atomic E-state index is -0.800. The number of hydrogen-bond acceptors (Lipinski definition) is 6. The smallest absolute Gasteiger partial charge is 0.286 e. The average Bonchev–Trinajstić information content (AvgIpc) is 2.69. The van der Waals surface area contributed by atoms with Gasteiger partial charge in [-0.2, -0.15) is 0 Å². The Labute approximate surface area is 156 Å². The number of allylic oxidation sites excluding steroid dienone is 1. The Morgan fingerprint density at radius 3 is 2.41 bits per heavy atom. The van der Waals surface area contributed by atoms with Crippen molar-refractivity contribution in [1.82, 2.24) is 4.90 Å². The molecule has 1 heterocycles. The second kappa shape index (κ2) is 7.80. The molecule has 2 aliphatic rings. The maximum Gasteiger partial charge on any atom is 0.286 e. The van der Waals surface area contributed by atoms with Gasteiger partial charge in [-0.1, -0.05) is 32.1 Å². The first-order chi connectivity index (χ1) is 12.9. The second-order valence-electron chi connectivity index (χ2n) is 7.27. The molecule has 1 saturated heterocycles. The van der Waals surface area contributed by atoms with E-state index in [0.29, 0.717) is 18.3 Å². The summed E-state index contributed by atoms with van der Waals surface area (Å²) in [5.41, 5.74) is -0.780. The Hall–Kier alpha value is -2.86. The fourth-order valence-electron chi connectivity index (χ4n) is 4.25. The number of likely N-dealkylation sites (tertiary alicyclic amines) is 1. The molecule has 1 aliphatic carbocycles. The molecule has 1 saturated carbocycles. The first kappa shape index (κ1) is 18.9. The van der Waals surface area contributed by atoms with Crippen LogP contribution in [0.2, 0.25) is 0 Å². The van der Waals surface area contributed by atoms with Crippen LogP contribution in [0, 0.1) is 22.0 Å². The van der Waals surface area contributed by atoms with E-state index in [1.165, 1.54) is 24.2 Å². The highest BCUT2D eigenvalue weighted by Crippen LogP contribution is 2.39. The van der Waals surface area contributed by atoms with Gasteiger partial charge in [-0.25, -0.2) is 4.79 Å². The van der Waals surface area contributed by atoms with Crippen molar-refractivity contribution in [1.29, 1.82) is 0 Å². The lowest BCUT2D eigenvalue weighted by molar-refractivity contribution is -0.385. The third-order valence-corrected chi connectivity index (χ3v) is 5.70. The highest BCUT2D eigenvalue weighted by molar-refractivity contribution is 6.00. The van der Waals surface area contributed by atoms with Gasteiger partial charge >= 0.3 is 0 Å². The number of nitro benzene ring substituents is 1. The topological polar surface area (TPSA) is 121 Å². The fraction of sp³-hybridized carbons (Fsp3) is 0.526. The molecule has 2 N–H and O–H groups in total. The second-order valence-corrected chi connectivity index (χ2v) is 7.27. The van der Waals surface area contributed by atoms with Gasteiger partial charge in [0.25, 0.3) is 11.6 Å². The van der Waals surface area contributed by atoms with E-state index in [1.807, 2.05) is 5.94 Å². The van der Waals surface area contributed by atoms with Crippen LogP contribution in [-0.2, 0) is 4.79 Å². The normalized spacial score (nSPS) is 21.0. The average molecular weight is 374 g/mol. The number of nitrogens with zero attached hydrogens (tertiary/aromatic N) is 2. The van der Waals surface area contributed by atoms with Crippen molar-refractivity contribution in [2.75, 3.05) is 6.54 Å². The number of phenolic OH excluding ortho intramolecular Hbond substituents is 2. The lowest BCUT2D eigenvalue weighted by atomic mass is 9.75. The van der Waals surface area contributed by atoms with E-state index in [4.69, 9.17) is 0 Å². The number of nitro groups is 1. The summed E-state index contributed by atoms with van der Waals surface area (Å²) in [4.78, 5) is 36.0. The summed E-state index contributed by atoms with van der Waals surface area (Å²) >= 11 is 0. The maximum atomic E-state index is 12.9. The van der Waals surface area contributed by atoms with Crippen molar-refractivity contribution in [3.63, 3.8) is 0 Å². The van der Waals surface area contributed by atoms with E-state index in [9.17, 15) is 29.9 Å². The number of phenols is 2. The number of carbonyl (C=O) groups excluding carboxylic acids is 2. The number of amides is 1. The summed E-state index contributed by atoms with van der Waals surface area (Å²) < 4.78 is 0. The molecule has 8 heteroatoms. The largest absolute Gasteiger partial charge is 0.504 e. The Morgan fingerprint density at radius 1 is 1.11 bits per heavy atom. The van der Waals surface area contributed by atoms with Crippen molar-refractivity contribution >= 4 is 17.5 Å². The minimum absolute atomic E-state index is 0.198. The predicted molar refractivity (Wildman–Crippen MR) is 96.0 cm³/mol. The van der Waals surface area contributed by atoms with Gasteiger partial charge in [0.05, 0.1) is 11.0 Å². The van der Waals surface area contributed by atoms with Crippen LogP contribution in [0.3, 0.4) is 0 Å². The van der Waals surface area contributed by atoms with E-state index >= 15 is 0 Å². The zero-order valence-electron chi connectivity index (χ0n) is 14.9. The van der Waals surface area contributed by atoms with Crippen LogP contribution in [0.5, 0.6) is 11.5 Å². The van der Waals surface area contributed by atoms with Gasteiger partial charge in [0, 0.05) is 19.0 Å². The molecule has 0 aromatic heterocycles. The van der Waals surface area contributed by atoms with Crippen LogP contribution in [0.4, 0.5) is 5.69 Å². The lowest BCUT2D eigenvalue weighted by Gasteiger charge is -2.37. The van der Waals surface area contributed by atoms with Crippen LogP contribution >= 0.6 is 0 Å². The Morgan fingerprint density at radius 2 is 1.78 bits per heavy atom. The van der Waals surface area contributed by atoms with Gasteiger partial charge in [-0.3, -0.25) is 14.9 Å². The Bertz CT molecular complexity index is 809. The number of piperidine rings is 1. The first-order valence-corrected chi connectivity index (χ1v) is 9.18. The summed E-state index contributed by atoms with van der Waals surface area (Å²) in [6.07, 6.45) is 7.01. The van der Waals surface area contributed by atoms with Crippen LogP contribution in [0.15, 0.2) is 17.8 Å². The third kappa shape index (κ3) is 3.80. The molecule has 27 heavy (non-hydrogen) atoms. The SMILES string of the molecule is O=C=C1CC(C2CCCCC2)CCN1C(=O)c1cc(O)c(O)cc1[N+](=O)[O-]. The highest BCUT2D eigenvalue weighted by Gasteiger charge is 2.35. The van der Waals surface area contributed by atoms with E-state index < -0.39 is 28.0 Å². The molecular formula is C19H22N2O6. The molecular weight excluding hydrogens is 352 g/mol. The lowest BCUT2D eigenvalue weighted by Crippen LogP contribution is -2.39. The predicted octanol–water partition coefficient (Wildman–Crippen LogP) is 3.15. The molecule has 1 atom stereocenters. The fourth-order valence-corrected chi connectivity index (χ4v) is 4.25. The summed E-state index contributed by atoms with van der Waals surface area (Å²) in [7, 11) is 0. The monoisotopic (exact) mass is 374 g/mol. The van der Waals surface area contributed by atoms with Gasteiger partial charge in [-0.15, -0.1) is 0 Å². The molecule has 2 fully saturated rings. The number of hydrogen-bond donors (Lipinski definition) is 2. The Balaban J connectivity index is 1.84. The van der Waals surface area contributed by atoms with Crippen molar-refractivity contribution in [3.8, 4) is 11.5 Å². The van der Waals surface area contributed by atoms with Crippen molar-refractivity contribution in [2.24, 2.45) is 11.8 Å². The summed E-state index contributed by atoms with van der Waals surface area (Å²) in [5.74, 6) is 0.640. The Kier molecular flexibility index (Phi) is 5.46. The molecule has 0 spiro atoms. The van der Waals surface area contributed by atoms with Crippen molar-refractivity contribution in [3.05, 3.63) is 33.5 Å². The van der Waals surface area contributed by atoms with Crippen molar-refractivity contribution in [2.45, 2.75) is 44.9 Å². The van der Waals surface area contributed by atoms with Crippen LogP contribution in [-0.4, -0.2) is 38.4 Å². The van der Waals surface area contributed by atoms with Crippen LogP contribution in [0.25, 0.3) is 0 Å². The van der Waals surface area contributed by atoms with E-state index in [-0.39, 0.29) is 17.8 Å². The van der Waals surface area contributed by atoms with Gasteiger partial charge in [-0.05, 0) is 18.3 Å². The first-order valence-electron chi connectivity index (χ1n) is 9.18. The summed E-state index contributed by atoms with van der Waals surface area (Å²) in [6.45, 7) is 0.281. The molecule has 1 aromatic rings.